The Labute approximate surface area is 132 Å². The third kappa shape index (κ3) is 4.46. The molecule has 116 valence electrons. The average molecular weight is 320 g/mol. The summed E-state index contributed by atoms with van der Waals surface area (Å²) in [6.45, 7) is 0. The van der Waals surface area contributed by atoms with E-state index in [1.54, 1.807) is 24.3 Å². The summed E-state index contributed by atoms with van der Waals surface area (Å²) in [6, 6.07) is 8.80. The molecule has 3 N–H and O–H groups in total. The summed E-state index contributed by atoms with van der Waals surface area (Å²) < 4.78 is 5.10. The summed E-state index contributed by atoms with van der Waals surface area (Å²) in [5.41, 5.74) is 0.499. The molecule has 1 fully saturated rings. The molecule has 0 radical (unpaired) electrons. The molecule has 1 aromatic carbocycles. The van der Waals surface area contributed by atoms with Crippen LogP contribution >= 0.6 is 11.8 Å². The lowest BCUT2D eigenvalue weighted by Crippen LogP contribution is -2.55. The van der Waals surface area contributed by atoms with E-state index in [0.29, 0.717) is 11.3 Å². The Morgan fingerprint density at radius 2 is 2.32 bits per heavy atom. The number of ether oxygens (including phenoxy) is 1. The standard InChI is InChI=1S/C14H16N4O3S/c1-21-13-6-11(19)17-14(18-13)22-8-12(20)16-10-5-3-2-4-9(10)7-15/h2-5,13-14,18H,6,8H2,1H3,(H,16,20)(H,17,19). The number of nitriles is 1. The first-order chi connectivity index (χ1) is 10.6. The average Bonchev–Trinajstić information content (AvgIpc) is 2.53. The molecule has 1 aliphatic heterocycles. The molecule has 0 saturated carbocycles. The van der Waals surface area contributed by atoms with Gasteiger partial charge in [0.1, 0.15) is 17.8 Å². The molecule has 2 atom stereocenters. The van der Waals surface area contributed by atoms with Gasteiger partial charge in [0.2, 0.25) is 11.8 Å². The molecule has 1 aromatic rings. The maximum absolute atomic E-state index is 11.9. The van der Waals surface area contributed by atoms with Crippen molar-refractivity contribution in [2.75, 3.05) is 18.2 Å². The molecule has 0 aromatic heterocycles. The molecule has 0 bridgehead atoms. The monoisotopic (exact) mass is 320 g/mol. The van der Waals surface area contributed by atoms with Gasteiger partial charge < -0.3 is 15.4 Å². The zero-order chi connectivity index (χ0) is 15.9. The highest BCUT2D eigenvalue weighted by atomic mass is 32.2. The highest BCUT2D eigenvalue weighted by Gasteiger charge is 2.26. The molecule has 7 nitrogen and oxygen atoms in total. The summed E-state index contributed by atoms with van der Waals surface area (Å²) in [5, 5.41) is 17.4. The van der Waals surface area contributed by atoms with E-state index in [2.05, 4.69) is 16.0 Å². The predicted molar refractivity (Wildman–Crippen MR) is 82.7 cm³/mol. The van der Waals surface area contributed by atoms with Crippen LogP contribution in [-0.4, -0.2) is 36.4 Å². The van der Waals surface area contributed by atoms with Crippen molar-refractivity contribution in [2.45, 2.75) is 18.1 Å². The van der Waals surface area contributed by atoms with Gasteiger partial charge in [0, 0.05) is 7.11 Å². The van der Waals surface area contributed by atoms with Crippen LogP contribution in [0.1, 0.15) is 12.0 Å². The van der Waals surface area contributed by atoms with Crippen LogP contribution in [0.15, 0.2) is 24.3 Å². The topological polar surface area (TPSA) is 103 Å². The van der Waals surface area contributed by atoms with Gasteiger partial charge in [-0.05, 0) is 12.1 Å². The Morgan fingerprint density at radius 3 is 3.05 bits per heavy atom. The number of nitrogens with one attached hydrogen (secondary N) is 3. The Balaban J connectivity index is 1.85. The van der Waals surface area contributed by atoms with Crippen LogP contribution in [0, 0.1) is 11.3 Å². The van der Waals surface area contributed by atoms with Gasteiger partial charge in [0.15, 0.2) is 0 Å². The van der Waals surface area contributed by atoms with Crippen molar-refractivity contribution in [3.8, 4) is 6.07 Å². The fraction of sp³-hybridized carbons (Fsp3) is 0.357. The van der Waals surface area contributed by atoms with Gasteiger partial charge in [-0.1, -0.05) is 12.1 Å². The van der Waals surface area contributed by atoms with E-state index < -0.39 is 0 Å². The number of thioether (sulfide) groups is 1. The fourth-order valence-corrected chi connectivity index (χ4v) is 2.77. The molecular formula is C14H16N4O3S. The molecule has 22 heavy (non-hydrogen) atoms. The molecule has 0 spiro atoms. The van der Waals surface area contributed by atoms with Crippen LogP contribution in [0.3, 0.4) is 0 Å². The number of carbonyl (C=O) groups excluding carboxylic acids is 2. The first kappa shape index (κ1) is 16.3. The summed E-state index contributed by atoms with van der Waals surface area (Å²) in [4.78, 5) is 23.4. The van der Waals surface area contributed by atoms with Crippen molar-refractivity contribution >= 4 is 29.3 Å². The molecule has 2 unspecified atom stereocenters. The van der Waals surface area contributed by atoms with E-state index in [4.69, 9.17) is 10.00 Å². The number of para-hydroxylation sites is 1. The molecular weight excluding hydrogens is 304 g/mol. The SMILES string of the molecule is COC1CC(=O)NC(SCC(=O)Nc2ccccc2C#N)N1. The summed E-state index contributed by atoms with van der Waals surface area (Å²) in [7, 11) is 1.52. The van der Waals surface area contributed by atoms with Crippen LogP contribution in [0.2, 0.25) is 0 Å². The van der Waals surface area contributed by atoms with E-state index in [1.807, 2.05) is 6.07 Å². The van der Waals surface area contributed by atoms with Crippen LogP contribution in [0.5, 0.6) is 0 Å². The third-order valence-electron chi connectivity index (χ3n) is 2.99. The summed E-state index contributed by atoms with van der Waals surface area (Å²) >= 11 is 1.24. The first-order valence-electron chi connectivity index (χ1n) is 6.61. The predicted octanol–water partition coefficient (Wildman–Crippen LogP) is 0.596. The number of nitrogens with zero attached hydrogens (tertiary/aromatic N) is 1. The second-order valence-corrected chi connectivity index (χ2v) is 5.65. The lowest BCUT2D eigenvalue weighted by atomic mass is 10.2. The number of hydrogen-bond donors (Lipinski definition) is 3. The van der Waals surface area contributed by atoms with Gasteiger partial charge >= 0.3 is 0 Å². The van der Waals surface area contributed by atoms with Gasteiger partial charge in [-0.15, -0.1) is 11.8 Å². The molecule has 0 aliphatic carbocycles. The van der Waals surface area contributed by atoms with Crippen molar-refractivity contribution in [2.24, 2.45) is 0 Å². The molecule has 1 saturated heterocycles. The van der Waals surface area contributed by atoms with Gasteiger partial charge in [-0.3, -0.25) is 14.9 Å². The van der Waals surface area contributed by atoms with Crippen molar-refractivity contribution < 1.29 is 14.3 Å². The van der Waals surface area contributed by atoms with Crippen LogP contribution < -0.4 is 16.0 Å². The van der Waals surface area contributed by atoms with Crippen molar-refractivity contribution in [1.29, 1.82) is 5.26 Å². The smallest absolute Gasteiger partial charge is 0.234 e. The highest BCUT2D eigenvalue weighted by Crippen LogP contribution is 2.16. The maximum atomic E-state index is 11.9. The molecule has 2 rings (SSSR count). The molecule has 8 heteroatoms. The first-order valence-corrected chi connectivity index (χ1v) is 7.66. The van der Waals surface area contributed by atoms with Gasteiger partial charge in [-0.25, -0.2) is 0 Å². The van der Waals surface area contributed by atoms with Crippen LogP contribution in [0.4, 0.5) is 5.69 Å². The zero-order valence-electron chi connectivity index (χ0n) is 12.0. The quantitative estimate of drug-likeness (QED) is 0.734. The molecule has 2 amide bonds. The Bertz CT molecular complexity index is 602. The van der Waals surface area contributed by atoms with E-state index >= 15 is 0 Å². The van der Waals surface area contributed by atoms with Gasteiger partial charge in [-0.2, -0.15) is 5.26 Å². The van der Waals surface area contributed by atoms with E-state index in [-0.39, 0.29) is 35.7 Å². The summed E-state index contributed by atoms with van der Waals surface area (Å²) in [5.74, 6) is -0.240. The number of carbonyl (C=O) groups is 2. The minimum Gasteiger partial charge on any atom is -0.366 e. The second kappa shape index (κ2) is 7.79. The second-order valence-electron chi connectivity index (χ2n) is 4.56. The van der Waals surface area contributed by atoms with Crippen LogP contribution in [-0.2, 0) is 14.3 Å². The maximum Gasteiger partial charge on any atom is 0.234 e. The largest absolute Gasteiger partial charge is 0.366 e. The van der Waals surface area contributed by atoms with Gasteiger partial charge in [0.25, 0.3) is 0 Å². The van der Waals surface area contributed by atoms with Crippen LogP contribution in [0.25, 0.3) is 0 Å². The number of anilines is 1. The zero-order valence-corrected chi connectivity index (χ0v) is 12.8. The molecule has 1 aliphatic rings. The normalized spacial score (nSPS) is 20.8. The van der Waals surface area contributed by atoms with Gasteiger partial charge in [0.05, 0.1) is 23.4 Å². The number of hydrogen-bond acceptors (Lipinski definition) is 6. The Morgan fingerprint density at radius 1 is 1.55 bits per heavy atom. The van der Waals surface area contributed by atoms with Crippen molar-refractivity contribution in [3.63, 3.8) is 0 Å². The lowest BCUT2D eigenvalue weighted by molar-refractivity contribution is -0.127. The number of methoxy groups -OCH3 is 1. The van der Waals surface area contributed by atoms with Crippen molar-refractivity contribution in [3.05, 3.63) is 29.8 Å². The number of benzene rings is 1. The lowest BCUT2D eigenvalue weighted by Gasteiger charge is -2.29. The summed E-state index contributed by atoms with van der Waals surface area (Å²) in [6.07, 6.45) is -0.108. The number of amides is 2. The minimum absolute atomic E-state index is 0.127. The Hall–Kier alpha value is -2.08. The van der Waals surface area contributed by atoms with E-state index in [0.717, 1.165) is 0 Å². The fourth-order valence-electron chi connectivity index (χ4n) is 1.92. The minimum atomic E-state index is -0.386. The molecule has 1 heterocycles. The van der Waals surface area contributed by atoms with Crippen molar-refractivity contribution in [1.82, 2.24) is 10.6 Å². The van der Waals surface area contributed by atoms with E-state index in [9.17, 15) is 9.59 Å². The van der Waals surface area contributed by atoms with E-state index in [1.165, 1.54) is 18.9 Å². The Kier molecular flexibility index (Phi) is 5.77. The number of rotatable bonds is 5. The third-order valence-corrected chi connectivity index (χ3v) is 4.00. The highest BCUT2D eigenvalue weighted by molar-refractivity contribution is 8.00.